The van der Waals surface area contributed by atoms with Crippen LogP contribution in [0.3, 0.4) is 0 Å². The highest BCUT2D eigenvalue weighted by molar-refractivity contribution is 5.97. The summed E-state index contributed by atoms with van der Waals surface area (Å²) in [5.41, 5.74) is 3.03. The number of amides is 1. The minimum Gasteiger partial charge on any atom is -0.459 e. The molecule has 0 aliphatic carbocycles. The highest BCUT2D eigenvalue weighted by atomic mass is 16.5. The van der Waals surface area contributed by atoms with Gasteiger partial charge in [0.2, 0.25) is 0 Å². The third-order valence-corrected chi connectivity index (χ3v) is 5.58. The molecule has 3 aromatic rings. The summed E-state index contributed by atoms with van der Waals surface area (Å²) in [6, 6.07) is 13.4. The third-order valence-electron chi connectivity index (χ3n) is 5.58. The number of hydrogen-bond acceptors (Lipinski definition) is 5. The van der Waals surface area contributed by atoms with E-state index in [9.17, 15) is 14.4 Å². The summed E-state index contributed by atoms with van der Waals surface area (Å²) in [4.78, 5) is 37.6. The summed E-state index contributed by atoms with van der Waals surface area (Å²) in [5.74, 6) is -1.08. The maximum atomic E-state index is 12.8. The molecule has 0 saturated heterocycles. The van der Waals surface area contributed by atoms with E-state index < -0.39 is 17.6 Å². The van der Waals surface area contributed by atoms with Crippen LogP contribution in [0.25, 0.3) is 11.0 Å². The summed E-state index contributed by atoms with van der Waals surface area (Å²) in [6.45, 7) is 11.8. The number of hydrogen-bond donors (Lipinski definition) is 1. The average Bonchev–Trinajstić information content (AvgIpc) is 2.74. The molecular weight excluding hydrogens is 418 g/mol. The molecule has 1 aromatic heterocycles. The van der Waals surface area contributed by atoms with Gasteiger partial charge in [0.1, 0.15) is 18.2 Å². The van der Waals surface area contributed by atoms with Gasteiger partial charge in [-0.15, -0.1) is 0 Å². The van der Waals surface area contributed by atoms with E-state index in [-0.39, 0.29) is 23.8 Å². The van der Waals surface area contributed by atoms with Gasteiger partial charge >= 0.3 is 11.6 Å². The molecule has 0 radical (unpaired) electrons. The first kappa shape index (κ1) is 24.2. The highest BCUT2D eigenvalue weighted by Crippen LogP contribution is 2.23. The van der Waals surface area contributed by atoms with E-state index in [0.29, 0.717) is 22.1 Å². The molecule has 3 rings (SSSR count). The van der Waals surface area contributed by atoms with Crippen molar-refractivity contribution in [1.29, 1.82) is 0 Å². The SMILES string of the molecule is Cc1ccc2c(COC(=O)C(NC(=O)c3ccc(C(C)(C)C)cc3)C(C)C)cc(=O)oc2c1. The molecule has 0 aliphatic rings. The van der Waals surface area contributed by atoms with Gasteiger partial charge in [-0.2, -0.15) is 0 Å². The lowest BCUT2D eigenvalue weighted by molar-refractivity contribution is -0.148. The fourth-order valence-electron chi connectivity index (χ4n) is 3.54. The van der Waals surface area contributed by atoms with E-state index >= 15 is 0 Å². The fraction of sp³-hybridized carbons (Fsp3) is 0.370. The van der Waals surface area contributed by atoms with E-state index in [1.165, 1.54) is 6.07 Å². The largest absolute Gasteiger partial charge is 0.459 e. The van der Waals surface area contributed by atoms with Crippen molar-refractivity contribution in [2.75, 3.05) is 0 Å². The zero-order valence-electron chi connectivity index (χ0n) is 20.0. The molecule has 1 unspecified atom stereocenters. The van der Waals surface area contributed by atoms with Crippen LogP contribution in [0, 0.1) is 12.8 Å². The first-order valence-electron chi connectivity index (χ1n) is 11.1. The Morgan fingerprint density at radius 2 is 1.70 bits per heavy atom. The van der Waals surface area contributed by atoms with Gasteiger partial charge < -0.3 is 14.5 Å². The molecule has 0 fully saturated rings. The fourth-order valence-corrected chi connectivity index (χ4v) is 3.54. The Balaban J connectivity index is 1.73. The number of fused-ring (bicyclic) bond motifs is 1. The molecule has 0 spiro atoms. The second-order valence-corrected chi connectivity index (χ2v) is 9.72. The van der Waals surface area contributed by atoms with Crippen molar-refractivity contribution in [3.8, 4) is 0 Å². The van der Waals surface area contributed by atoms with Crippen LogP contribution in [-0.2, 0) is 21.6 Å². The van der Waals surface area contributed by atoms with Gasteiger partial charge in [0.15, 0.2) is 0 Å². The van der Waals surface area contributed by atoms with Crippen LogP contribution in [0.5, 0.6) is 0 Å². The monoisotopic (exact) mass is 449 g/mol. The third kappa shape index (κ3) is 5.89. The maximum Gasteiger partial charge on any atom is 0.336 e. The van der Waals surface area contributed by atoms with E-state index in [1.807, 2.05) is 45.0 Å². The van der Waals surface area contributed by atoms with E-state index in [4.69, 9.17) is 9.15 Å². The maximum absolute atomic E-state index is 12.8. The summed E-state index contributed by atoms with van der Waals surface area (Å²) < 4.78 is 10.8. The van der Waals surface area contributed by atoms with Gasteiger partial charge in [0.25, 0.3) is 5.91 Å². The van der Waals surface area contributed by atoms with Crippen LogP contribution in [0.1, 0.15) is 61.7 Å². The molecule has 174 valence electrons. The first-order valence-corrected chi connectivity index (χ1v) is 11.1. The summed E-state index contributed by atoms with van der Waals surface area (Å²) in [6.07, 6.45) is 0. The van der Waals surface area contributed by atoms with Crippen molar-refractivity contribution in [3.63, 3.8) is 0 Å². The van der Waals surface area contributed by atoms with Crippen molar-refractivity contribution in [2.45, 2.75) is 59.6 Å². The molecule has 2 aromatic carbocycles. The lowest BCUT2D eigenvalue weighted by atomic mass is 9.86. The van der Waals surface area contributed by atoms with Gasteiger partial charge in [-0.05, 0) is 47.6 Å². The number of carbonyl (C=O) groups is 2. The van der Waals surface area contributed by atoms with E-state index in [1.54, 1.807) is 18.2 Å². The zero-order chi connectivity index (χ0) is 24.3. The predicted octanol–water partition coefficient (Wildman–Crippen LogP) is 4.90. The molecule has 0 saturated carbocycles. The lowest BCUT2D eigenvalue weighted by Gasteiger charge is -2.22. The zero-order valence-corrected chi connectivity index (χ0v) is 20.0. The van der Waals surface area contributed by atoms with Crippen molar-refractivity contribution in [1.82, 2.24) is 5.32 Å². The quantitative estimate of drug-likeness (QED) is 0.427. The van der Waals surface area contributed by atoms with Crippen LogP contribution in [-0.4, -0.2) is 17.9 Å². The number of aryl methyl sites for hydroxylation is 1. The van der Waals surface area contributed by atoms with Crippen LogP contribution >= 0.6 is 0 Å². The Bertz CT molecular complexity index is 1220. The number of carbonyl (C=O) groups excluding carboxylic acids is 2. The minimum absolute atomic E-state index is 0.0170. The molecule has 33 heavy (non-hydrogen) atoms. The van der Waals surface area contributed by atoms with Crippen molar-refractivity contribution < 1.29 is 18.7 Å². The number of benzene rings is 2. The normalized spacial score (nSPS) is 12.6. The highest BCUT2D eigenvalue weighted by Gasteiger charge is 2.27. The number of esters is 1. The number of rotatable bonds is 6. The topological polar surface area (TPSA) is 85.6 Å². The summed E-state index contributed by atoms with van der Waals surface area (Å²) in [7, 11) is 0. The molecule has 1 heterocycles. The Morgan fingerprint density at radius 3 is 2.30 bits per heavy atom. The Morgan fingerprint density at radius 1 is 1.03 bits per heavy atom. The minimum atomic E-state index is -0.826. The van der Waals surface area contributed by atoms with Crippen LogP contribution in [0.4, 0.5) is 0 Å². The molecule has 6 heteroatoms. The Labute approximate surface area is 194 Å². The molecule has 0 aliphatic heterocycles. The van der Waals surface area contributed by atoms with Crippen LogP contribution in [0.15, 0.2) is 57.7 Å². The molecule has 6 nitrogen and oxygen atoms in total. The van der Waals surface area contributed by atoms with Crippen molar-refractivity contribution >= 4 is 22.8 Å². The molecular formula is C27H31NO5. The van der Waals surface area contributed by atoms with Crippen molar-refractivity contribution in [3.05, 3.63) is 81.2 Å². The number of ether oxygens (including phenoxy) is 1. The van der Waals surface area contributed by atoms with E-state index in [0.717, 1.165) is 11.1 Å². The first-order chi connectivity index (χ1) is 15.5. The lowest BCUT2D eigenvalue weighted by Crippen LogP contribution is -2.45. The number of nitrogens with one attached hydrogen (secondary N) is 1. The molecule has 1 N–H and O–H groups in total. The molecule has 1 atom stereocenters. The van der Waals surface area contributed by atoms with Crippen molar-refractivity contribution in [2.24, 2.45) is 5.92 Å². The summed E-state index contributed by atoms with van der Waals surface area (Å²) in [5, 5.41) is 3.49. The van der Waals surface area contributed by atoms with Gasteiger partial charge in [-0.25, -0.2) is 9.59 Å². The average molecular weight is 450 g/mol. The Hall–Kier alpha value is -3.41. The van der Waals surface area contributed by atoms with E-state index in [2.05, 4.69) is 26.1 Å². The molecule has 0 bridgehead atoms. The second kappa shape index (κ2) is 9.61. The Kier molecular flexibility index (Phi) is 7.06. The predicted molar refractivity (Wildman–Crippen MR) is 128 cm³/mol. The van der Waals surface area contributed by atoms with Crippen LogP contribution in [0.2, 0.25) is 0 Å². The molecule has 1 amide bonds. The van der Waals surface area contributed by atoms with Gasteiger partial charge in [0, 0.05) is 22.6 Å². The van der Waals surface area contributed by atoms with Crippen LogP contribution < -0.4 is 10.9 Å². The van der Waals surface area contributed by atoms with Gasteiger partial charge in [-0.1, -0.05) is 58.9 Å². The van der Waals surface area contributed by atoms with Gasteiger partial charge in [-0.3, -0.25) is 4.79 Å². The van der Waals surface area contributed by atoms with Gasteiger partial charge in [0.05, 0.1) is 0 Å². The standard InChI is InChI=1S/C27H31NO5/c1-16(2)24(28-25(30)18-8-10-20(11-9-18)27(4,5)6)26(31)32-15-19-14-23(29)33-22-13-17(3)7-12-21(19)22/h7-14,16,24H,15H2,1-6H3,(H,28,30). The summed E-state index contributed by atoms with van der Waals surface area (Å²) >= 11 is 0. The smallest absolute Gasteiger partial charge is 0.336 e. The second-order valence-electron chi connectivity index (χ2n) is 9.72.